The standard InChI is InChI=1S/C19H22Cl2O5/c1-5-19(7-6-10(2)22)11(3)12-8-13(26-9-14(23)25-4)16(20)17(21)15(12)18(19)24/h8,11H,5-7,9H2,1-4H3. The first-order valence-corrected chi connectivity index (χ1v) is 9.20. The molecule has 0 amide bonds. The van der Waals surface area contributed by atoms with Crippen LogP contribution in [0.5, 0.6) is 5.75 Å². The van der Waals surface area contributed by atoms with Crippen LogP contribution >= 0.6 is 23.2 Å². The van der Waals surface area contributed by atoms with Crippen molar-refractivity contribution in [1.29, 1.82) is 0 Å². The van der Waals surface area contributed by atoms with Gasteiger partial charge >= 0.3 is 5.97 Å². The van der Waals surface area contributed by atoms with E-state index in [-0.39, 0.29) is 39.9 Å². The van der Waals surface area contributed by atoms with Gasteiger partial charge in [-0.25, -0.2) is 4.79 Å². The summed E-state index contributed by atoms with van der Waals surface area (Å²) in [6.07, 6.45) is 1.37. The van der Waals surface area contributed by atoms with E-state index in [9.17, 15) is 14.4 Å². The van der Waals surface area contributed by atoms with Crippen molar-refractivity contribution in [3.8, 4) is 5.75 Å². The summed E-state index contributed by atoms with van der Waals surface area (Å²) in [5.41, 5.74) is 0.428. The molecule has 2 rings (SSSR count). The number of ketones is 2. The monoisotopic (exact) mass is 400 g/mol. The molecule has 1 aliphatic rings. The van der Waals surface area contributed by atoms with E-state index in [2.05, 4.69) is 4.74 Å². The van der Waals surface area contributed by atoms with Gasteiger partial charge in [0.2, 0.25) is 0 Å². The van der Waals surface area contributed by atoms with Gasteiger partial charge in [0.15, 0.2) is 12.4 Å². The molecular weight excluding hydrogens is 379 g/mol. The van der Waals surface area contributed by atoms with Gasteiger partial charge in [-0.15, -0.1) is 0 Å². The van der Waals surface area contributed by atoms with Gasteiger partial charge < -0.3 is 14.3 Å². The molecule has 142 valence electrons. The first-order valence-electron chi connectivity index (χ1n) is 8.45. The number of Topliss-reactive ketones (excluding diaryl/α,β-unsaturated/α-hetero) is 2. The first kappa shape index (κ1) is 20.7. The number of hydrogen-bond acceptors (Lipinski definition) is 5. The molecule has 0 fully saturated rings. The number of ether oxygens (including phenoxy) is 2. The summed E-state index contributed by atoms with van der Waals surface area (Å²) in [5.74, 6) is -0.509. The lowest BCUT2D eigenvalue weighted by Gasteiger charge is -2.31. The Morgan fingerprint density at radius 2 is 1.92 bits per heavy atom. The van der Waals surface area contributed by atoms with Crippen molar-refractivity contribution < 1.29 is 23.9 Å². The van der Waals surface area contributed by atoms with Crippen LogP contribution < -0.4 is 4.74 Å². The Hall–Kier alpha value is -1.59. The third-order valence-electron chi connectivity index (χ3n) is 5.31. The van der Waals surface area contributed by atoms with E-state index >= 15 is 0 Å². The van der Waals surface area contributed by atoms with Gasteiger partial charge in [-0.3, -0.25) is 4.79 Å². The number of carbonyl (C=O) groups excluding carboxylic acids is 3. The van der Waals surface area contributed by atoms with E-state index in [1.165, 1.54) is 14.0 Å². The molecule has 5 nitrogen and oxygen atoms in total. The number of fused-ring (bicyclic) bond motifs is 1. The van der Waals surface area contributed by atoms with Gasteiger partial charge in [0.25, 0.3) is 0 Å². The van der Waals surface area contributed by atoms with Crippen LogP contribution in [-0.2, 0) is 14.3 Å². The average Bonchev–Trinajstić information content (AvgIpc) is 2.82. The van der Waals surface area contributed by atoms with Crippen molar-refractivity contribution in [3.63, 3.8) is 0 Å². The molecular formula is C19H22Cl2O5. The molecule has 0 saturated carbocycles. The highest BCUT2D eigenvalue weighted by molar-refractivity contribution is 6.45. The highest BCUT2D eigenvalue weighted by atomic mass is 35.5. The lowest BCUT2D eigenvalue weighted by molar-refractivity contribution is -0.142. The van der Waals surface area contributed by atoms with Crippen molar-refractivity contribution in [2.75, 3.05) is 13.7 Å². The number of benzene rings is 1. The van der Waals surface area contributed by atoms with Gasteiger partial charge in [-0.2, -0.15) is 0 Å². The Kier molecular flexibility index (Phi) is 6.35. The Morgan fingerprint density at radius 1 is 1.27 bits per heavy atom. The Morgan fingerprint density at radius 3 is 2.46 bits per heavy atom. The normalized spacial score (nSPS) is 21.5. The molecule has 0 saturated heterocycles. The minimum Gasteiger partial charge on any atom is -0.480 e. The SMILES string of the molecule is CCC1(CCC(C)=O)C(=O)c2c(cc(OCC(=O)OC)c(Cl)c2Cl)C1C. The predicted molar refractivity (Wildman–Crippen MR) is 99.4 cm³/mol. The minimum atomic E-state index is -0.693. The molecule has 0 spiro atoms. The van der Waals surface area contributed by atoms with Crippen molar-refractivity contribution >= 4 is 40.7 Å². The number of rotatable bonds is 7. The van der Waals surface area contributed by atoms with Crippen LogP contribution in [0, 0.1) is 5.41 Å². The maximum atomic E-state index is 13.2. The van der Waals surface area contributed by atoms with Crippen molar-refractivity contribution in [2.45, 2.75) is 46.0 Å². The minimum absolute atomic E-state index is 0.0417. The van der Waals surface area contributed by atoms with Crippen molar-refractivity contribution in [1.82, 2.24) is 0 Å². The van der Waals surface area contributed by atoms with Crippen LogP contribution in [0.1, 0.15) is 61.9 Å². The molecule has 7 heteroatoms. The van der Waals surface area contributed by atoms with Crippen molar-refractivity contribution in [3.05, 3.63) is 27.2 Å². The topological polar surface area (TPSA) is 69.7 Å². The molecule has 26 heavy (non-hydrogen) atoms. The van der Waals surface area contributed by atoms with Gasteiger partial charge in [-0.05, 0) is 37.3 Å². The van der Waals surface area contributed by atoms with Gasteiger partial charge in [-0.1, -0.05) is 37.0 Å². The zero-order chi connectivity index (χ0) is 19.6. The molecule has 0 heterocycles. The second-order valence-electron chi connectivity index (χ2n) is 6.59. The summed E-state index contributed by atoms with van der Waals surface area (Å²) in [5, 5.41) is 0.215. The maximum absolute atomic E-state index is 13.2. The number of esters is 1. The van der Waals surface area contributed by atoms with E-state index in [1.54, 1.807) is 6.07 Å². The second-order valence-corrected chi connectivity index (χ2v) is 7.35. The number of carbonyl (C=O) groups is 3. The van der Waals surface area contributed by atoms with E-state index < -0.39 is 11.4 Å². The van der Waals surface area contributed by atoms with Crippen LogP contribution in [-0.4, -0.2) is 31.3 Å². The smallest absolute Gasteiger partial charge is 0.343 e. The molecule has 0 bridgehead atoms. The molecule has 0 aliphatic heterocycles. The Labute approximate surface area is 162 Å². The van der Waals surface area contributed by atoms with Crippen LogP contribution in [0.25, 0.3) is 0 Å². The van der Waals surface area contributed by atoms with Crippen molar-refractivity contribution in [2.24, 2.45) is 5.41 Å². The summed E-state index contributed by atoms with van der Waals surface area (Å²) >= 11 is 12.6. The second kappa shape index (κ2) is 7.97. The summed E-state index contributed by atoms with van der Waals surface area (Å²) in [6.45, 7) is 5.09. The number of methoxy groups -OCH3 is 1. The molecule has 0 N–H and O–H groups in total. The lowest BCUT2D eigenvalue weighted by Crippen LogP contribution is -2.30. The van der Waals surface area contributed by atoms with Crippen LogP contribution in [0.15, 0.2) is 6.07 Å². The fraction of sp³-hybridized carbons (Fsp3) is 0.526. The average molecular weight is 401 g/mol. The molecule has 2 unspecified atom stereocenters. The van der Waals surface area contributed by atoms with Crippen LogP contribution in [0.3, 0.4) is 0 Å². The van der Waals surface area contributed by atoms with E-state index in [0.717, 1.165) is 5.56 Å². The van der Waals surface area contributed by atoms with Crippen LogP contribution in [0.4, 0.5) is 0 Å². The fourth-order valence-corrected chi connectivity index (χ4v) is 4.10. The zero-order valence-corrected chi connectivity index (χ0v) is 16.8. The summed E-state index contributed by atoms with van der Waals surface area (Å²) in [4.78, 5) is 36.0. The quantitative estimate of drug-likeness (QED) is 0.624. The van der Waals surface area contributed by atoms with E-state index in [4.69, 9.17) is 27.9 Å². The van der Waals surface area contributed by atoms with E-state index in [1.807, 2.05) is 13.8 Å². The Bertz CT molecular complexity index is 759. The molecule has 1 aromatic rings. The number of halogens is 2. The fourth-order valence-electron chi connectivity index (χ4n) is 3.61. The third-order valence-corrected chi connectivity index (χ3v) is 6.16. The Balaban J connectivity index is 2.47. The predicted octanol–water partition coefficient (Wildman–Crippen LogP) is 4.61. The zero-order valence-electron chi connectivity index (χ0n) is 15.3. The molecule has 2 atom stereocenters. The number of hydrogen-bond donors (Lipinski definition) is 0. The molecule has 0 aromatic heterocycles. The van der Waals surface area contributed by atoms with Gasteiger partial charge in [0, 0.05) is 17.4 Å². The van der Waals surface area contributed by atoms with Gasteiger partial charge in [0.1, 0.15) is 16.6 Å². The van der Waals surface area contributed by atoms with E-state index in [0.29, 0.717) is 24.8 Å². The summed E-state index contributed by atoms with van der Waals surface area (Å²) in [6, 6.07) is 1.67. The third kappa shape index (κ3) is 3.47. The van der Waals surface area contributed by atoms with Gasteiger partial charge in [0.05, 0.1) is 12.1 Å². The van der Waals surface area contributed by atoms with Crippen LogP contribution in [0.2, 0.25) is 10.0 Å². The highest BCUT2D eigenvalue weighted by Gasteiger charge is 2.51. The molecule has 1 aliphatic carbocycles. The maximum Gasteiger partial charge on any atom is 0.343 e. The lowest BCUT2D eigenvalue weighted by atomic mass is 9.70. The largest absolute Gasteiger partial charge is 0.480 e. The summed E-state index contributed by atoms with van der Waals surface area (Å²) < 4.78 is 9.97. The molecule has 0 radical (unpaired) electrons. The molecule has 1 aromatic carbocycles. The summed E-state index contributed by atoms with van der Waals surface area (Å²) in [7, 11) is 1.26. The highest BCUT2D eigenvalue weighted by Crippen LogP contribution is 2.56. The first-order chi connectivity index (χ1) is 12.2.